The molecule has 3 fully saturated rings. The van der Waals surface area contributed by atoms with Crippen molar-refractivity contribution in [2.75, 3.05) is 6.54 Å². The molecule has 1 saturated heterocycles. The number of carbonyl (C=O) groups is 2. The number of benzene rings is 1. The molecule has 0 unspecified atom stereocenters. The van der Waals surface area contributed by atoms with Crippen LogP contribution in [0.1, 0.15) is 84.0 Å². The lowest BCUT2D eigenvalue weighted by atomic mass is 9.81. The van der Waals surface area contributed by atoms with Crippen molar-refractivity contribution in [3.05, 3.63) is 45.1 Å². The predicted molar refractivity (Wildman–Crippen MR) is 148 cm³/mol. The van der Waals surface area contributed by atoms with Gasteiger partial charge in [-0.25, -0.2) is 4.79 Å². The number of aromatic nitrogens is 2. The zero-order chi connectivity index (χ0) is 26.6. The van der Waals surface area contributed by atoms with Crippen molar-refractivity contribution in [3.63, 3.8) is 0 Å². The maximum absolute atomic E-state index is 13.7. The highest BCUT2D eigenvalue weighted by Crippen LogP contribution is 2.30. The zero-order valence-electron chi connectivity index (χ0n) is 22.7. The summed E-state index contributed by atoms with van der Waals surface area (Å²) in [6, 6.07) is 7.66. The van der Waals surface area contributed by atoms with Crippen molar-refractivity contribution in [1.29, 1.82) is 0 Å². The highest BCUT2D eigenvalue weighted by Gasteiger charge is 2.30. The fourth-order valence-corrected chi connectivity index (χ4v) is 6.92. The lowest BCUT2D eigenvalue weighted by molar-refractivity contribution is -0.135. The van der Waals surface area contributed by atoms with Gasteiger partial charge in [-0.15, -0.1) is 0 Å². The third kappa shape index (κ3) is 5.59. The van der Waals surface area contributed by atoms with E-state index in [0.29, 0.717) is 23.5 Å². The fourth-order valence-electron chi connectivity index (χ4n) is 6.92. The Balaban J connectivity index is 1.33. The van der Waals surface area contributed by atoms with Crippen LogP contribution in [-0.2, 0) is 22.7 Å². The topological polar surface area (TPSA) is 93.4 Å². The molecular weight excluding hydrogens is 480 g/mol. The van der Waals surface area contributed by atoms with Crippen LogP contribution in [0.15, 0.2) is 33.9 Å². The molecule has 2 heterocycles. The summed E-state index contributed by atoms with van der Waals surface area (Å²) in [6.45, 7) is 3.10. The van der Waals surface area contributed by atoms with Crippen molar-refractivity contribution in [1.82, 2.24) is 19.4 Å². The Morgan fingerprint density at radius 2 is 1.61 bits per heavy atom. The highest BCUT2D eigenvalue weighted by molar-refractivity contribution is 5.82. The molecule has 0 radical (unpaired) electrons. The first-order chi connectivity index (χ1) is 18.5. The van der Waals surface area contributed by atoms with Crippen LogP contribution < -0.4 is 16.6 Å². The number of hydrogen-bond donors (Lipinski definition) is 1. The Bertz CT molecular complexity index is 1270. The molecule has 0 spiro atoms. The van der Waals surface area contributed by atoms with Gasteiger partial charge in [-0.05, 0) is 82.3 Å². The van der Waals surface area contributed by atoms with E-state index in [1.54, 1.807) is 24.3 Å². The number of piperidine rings is 1. The molecule has 8 nitrogen and oxygen atoms in total. The van der Waals surface area contributed by atoms with Gasteiger partial charge in [0.1, 0.15) is 6.54 Å². The van der Waals surface area contributed by atoms with E-state index >= 15 is 0 Å². The summed E-state index contributed by atoms with van der Waals surface area (Å²) in [5, 5.41) is 3.70. The van der Waals surface area contributed by atoms with Gasteiger partial charge in [-0.1, -0.05) is 31.9 Å². The minimum atomic E-state index is -0.409. The van der Waals surface area contributed by atoms with Crippen molar-refractivity contribution in [2.24, 2.45) is 11.8 Å². The van der Waals surface area contributed by atoms with Gasteiger partial charge < -0.3 is 10.2 Å². The Labute approximate surface area is 224 Å². The first-order valence-electron chi connectivity index (χ1n) is 14.8. The quantitative estimate of drug-likeness (QED) is 0.598. The van der Waals surface area contributed by atoms with E-state index in [1.165, 1.54) is 22.0 Å². The van der Waals surface area contributed by atoms with Gasteiger partial charge in [0.05, 0.1) is 10.9 Å². The standard InChI is InChI=1S/C30H42N4O4/c1-2-24-11-7-8-18-32(24)27(35)20-33-26-13-6-5-12-25(26)29(37)34(30(33)38)19-21-14-16-22(17-15-21)28(36)31-23-9-3-4-10-23/h5-6,12-13,21-24H,2-4,7-11,14-20H2,1H3,(H,31,36)/t21?,22?,24-/m1/s1. The molecule has 2 aromatic rings. The fraction of sp³-hybridized carbons (Fsp3) is 0.667. The maximum atomic E-state index is 13.7. The summed E-state index contributed by atoms with van der Waals surface area (Å²) in [5.41, 5.74) is -0.183. The Hall–Kier alpha value is -2.90. The molecule has 2 amide bonds. The largest absolute Gasteiger partial charge is 0.353 e. The smallest absolute Gasteiger partial charge is 0.331 e. The molecule has 38 heavy (non-hydrogen) atoms. The second-order valence-electron chi connectivity index (χ2n) is 11.7. The van der Waals surface area contributed by atoms with Gasteiger partial charge in [0.25, 0.3) is 5.56 Å². The van der Waals surface area contributed by atoms with Crippen LogP contribution in [0.5, 0.6) is 0 Å². The number of amides is 2. The number of likely N-dealkylation sites (tertiary alicyclic amines) is 1. The van der Waals surface area contributed by atoms with Crippen LogP contribution in [0.2, 0.25) is 0 Å². The molecule has 1 aromatic carbocycles. The van der Waals surface area contributed by atoms with E-state index in [0.717, 1.165) is 70.8 Å². The van der Waals surface area contributed by atoms with Crippen LogP contribution in [0.25, 0.3) is 10.9 Å². The van der Waals surface area contributed by atoms with E-state index < -0.39 is 5.69 Å². The Morgan fingerprint density at radius 3 is 2.34 bits per heavy atom. The molecule has 206 valence electrons. The first-order valence-corrected chi connectivity index (χ1v) is 14.8. The molecule has 1 N–H and O–H groups in total. The average molecular weight is 523 g/mol. The van der Waals surface area contributed by atoms with Gasteiger partial charge in [-0.2, -0.15) is 0 Å². The molecule has 3 aliphatic rings. The van der Waals surface area contributed by atoms with Crippen LogP contribution in [0.4, 0.5) is 0 Å². The number of hydrogen-bond acceptors (Lipinski definition) is 4. The number of rotatable bonds is 7. The van der Waals surface area contributed by atoms with Crippen molar-refractivity contribution < 1.29 is 9.59 Å². The lowest BCUT2D eigenvalue weighted by Crippen LogP contribution is -2.48. The van der Waals surface area contributed by atoms with E-state index in [-0.39, 0.29) is 41.8 Å². The van der Waals surface area contributed by atoms with Gasteiger partial charge in [0.2, 0.25) is 11.8 Å². The number of fused-ring (bicyclic) bond motifs is 1. The van der Waals surface area contributed by atoms with Gasteiger partial charge in [0.15, 0.2) is 0 Å². The Morgan fingerprint density at radius 1 is 0.895 bits per heavy atom. The molecule has 2 saturated carbocycles. The zero-order valence-corrected chi connectivity index (χ0v) is 22.7. The van der Waals surface area contributed by atoms with Gasteiger partial charge >= 0.3 is 5.69 Å². The molecule has 1 aromatic heterocycles. The first kappa shape index (κ1) is 26.7. The number of carbonyl (C=O) groups excluding carboxylic acids is 2. The van der Waals surface area contributed by atoms with E-state index in [1.807, 2.05) is 4.90 Å². The van der Waals surface area contributed by atoms with Crippen LogP contribution in [0.3, 0.4) is 0 Å². The van der Waals surface area contributed by atoms with Crippen LogP contribution in [0, 0.1) is 11.8 Å². The van der Waals surface area contributed by atoms with Crippen LogP contribution in [-0.4, -0.2) is 44.5 Å². The van der Waals surface area contributed by atoms with Crippen molar-refractivity contribution in [2.45, 2.75) is 109 Å². The predicted octanol–water partition coefficient (Wildman–Crippen LogP) is 3.82. The summed E-state index contributed by atoms with van der Waals surface area (Å²) in [4.78, 5) is 55.2. The minimum absolute atomic E-state index is 0.0190. The van der Waals surface area contributed by atoms with E-state index in [9.17, 15) is 19.2 Å². The third-order valence-electron chi connectivity index (χ3n) is 9.20. The molecule has 2 aliphatic carbocycles. The number of para-hydroxylation sites is 1. The summed E-state index contributed by atoms with van der Waals surface area (Å²) in [6.07, 6.45) is 11.8. The normalized spacial score (nSPS) is 24.6. The number of nitrogens with one attached hydrogen (secondary N) is 1. The van der Waals surface area contributed by atoms with E-state index in [4.69, 9.17) is 0 Å². The average Bonchev–Trinajstić information content (AvgIpc) is 3.46. The Kier molecular flexibility index (Phi) is 8.34. The highest BCUT2D eigenvalue weighted by atomic mass is 16.2. The molecule has 1 aliphatic heterocycles. The molecule has 0 bridgehead atoms. The van der Waals surface area contributed by atoms with Crippen molar-refractivity contribution >= 4 is 22.7 Å². The monoisotopic (exact) mass is 522 g/mol. The maximum Gasteiger partial charge on any atom is 0.331 e. The summed E-state index contributed by atoms with van der Waals surface area (Å²) >= 11 is 0. The van der Waals surface area contributed by atoms with Gasteiger partial charge in [0, 0.05) is 31.1 Å². The second-order valence-corrected chi connectivity index (χ2v) is 11.7. The molecular formula is C30H42N4O4. The summed E-state index contributed by atoms with van der Waals surface area (Å²) in [5.74, 6) is 0.295. The lowest BCUT2D eigenvalue weighted by Gasteiger charge is -2.35. The third-order valence-corrected chi connectivity index (χ3v) is 9.20. The van der Waals surface area contributed by atoms with Gasteiger partial charge in [-0.3, -0.25) is 23.5 Å². The summed E-state index contributed by atoms with van der Waals surface area (Å²) in [7, 11) is 0. The van der Waals surface area contributed by atoms with E-state index in [2.05, 4.69) is 12.2 Å². The number of nitrogens with zero attached hydrogens (tertiary/aromatic N) is 3. The summed E-state index contributed by atoms with van der Waals surface area (Å²) < 4.78 is 2.84. The second kappa shape index (κ2) is 11.9. The molecule has 1 atom stereocenters. The van der Waals surface area contributed by atoms with Crippen LogP contribution >= 0.6 is 0 Å². The molecule has 8 heteroatoms. The minimum Gasteiger partial charge on any atom is -0.353 e. The SMILES string of the molecule is CC[C@@H]1CCCCN1C(=O)Cn1c(=O)n(CC2CCC(C(=O)NC3CCCC3)CC2)c(=O)c2ccccc21. The molecule has 5 rings (SSSR count). The van der Waals surface area contributed by atoms with Crippen molar-refractivity contribution in [3.8, 4) is 0 Å².